The quantitative estimate of drug-likeness (QED) is 0.675. The predicted octanol–water partition coefficient (Wildman–Crippen LogP) is 3.92. The molecule has 0 bridgehead atoms. The maximum atomic E-state index is 12.4. The first-order chi connectivity index (χ1) is 9.38. The fourth-order valence-electron chi connectivity index (χ4n) is 2.44. The van der Waals surface area contributed by atoms with Gasteiger partial charge in [-0.2, -0.15) is 13.2 Å². The van der Waals surface area contributed by atoms with Crippen molar-refractivity contribution in [1.82, 2.24) is 0 Å². The van der Waals surface area contributed by atoms with E-state index in [1.165, 1.54) is 18.2 Å². The Morgan fingerprint density at radius 2 is 1.70 bits per heavy atom. The van der Waals surface area contributed by atoms with Crippen LogP contribution in [0.15, 0.2) is 36.0 Å². The van der Waals surface area contributed by atoms with Crippen molar-refractivity contribution in [3.05, 3.63) is 47.2 Å². The summed E-state index contributed by atoms with van der Waals surface area (Å²) in [5.41, 5.74) is 5.87. The summed E-state index contributed by atoms with van der Waals surface area (Å²) in [6.45, 7) is 0. The summed E-state index contributed by atoms with van der Waals surface area (Å²) in [7, 11) is 0. The van der Waals surface area contributed by atoms with E-state index < -0.39 is 11.7 Å². The maximum absolute atomic E-state index is 12.4. The van der Waals surface area contributed by atoms with Gasteiger partial charge < -0.3 is 5.73 Å². The van der Waals surface area contributed by atoms with Gasteiger partial charge in [0.05, 0.1) is 5.56 Å². The number of nitrogens with two attached hydrogens (primary N) is 1. The Morgan fingerprint density at radius 3 is 2.20 bits per heavy atom. The van der Waals surface area contributed by atoms with E-state index >= 15 is 0 Å². The highest BCUT2D eigenvalue weighted by Crippen LogP contribution is 2.30. The number of allylic oxidation sites excluding steroid dienone is 2. The molecule has 0 spiro atoms. The van der Waals surface area contributed by atoms with Crippen molar-refractivity contribution in [2.45, 2.75) is 31.9 Å². The van der Waals surface area contributed by atoms with Crippen LogP contribution in [-0.4, -0.2) is 5.78 Å². The van der Waals surface area contributed by atoms with Gasteiger partial charge in [-0.15, -0.1) is 0 Å². The van der Waals surface area contributed by atoms with Crippen molar-refractivity contribution in [3.8, 4) is 0 Å². The average Bonchev–Trinajstić information content (AvgIpc) is 2.91. The molecule has 1 saturated carbocycles. The highest BCUT2D eigenvalue weighted by molar-refractivity contribution is 6.04. The van der Waals surface area contributed by atoms with Crippen molar-refractivity contribution in [3.63, 3.8) is 0 Å². The van der Waals surface area contributed by atoms with Gasteiger partial charge in [0.1, 0.15) is 0 Å². The molecule has 2 nitrogen and oxygen atoms in total. The Labute approximate surface area is 115 Å². The van der Waals surface area contributed by atoms with E-state index in [0.29, 0.717) is 5.70 Å². The molecule has 2 N–H and O–H groups in total. The highest BCUT2D eigenvalue weighted by Gasteiger charge is 2.30. The van der Waals surface area contributed by atoms with Crippen LogP contribution >= 0.6 is 0 Å². The zero-order chi connectivity index (χ0) is 14.8. The van der Waals surface area contributed by atoms with Gasteiger partial charge in [0.25, 0.3) is 0 Å². The Bertz CT molecular complexity index is 511. The van der Waals surface area contributed by atoms with Crippen molar-refractivity contribution in [2.75, 3.05) is 0 Å². The van der Waals surface area contributed by atoms with Crippen molar-refractivity contribution >= 4 is 5.78 Å². The van der Waals surface area contributed by atoms with Gasteiger partial charge in [-0.1, -0.05) is 25.0 Å². The summed E-state index contributed by atoms with van der Waals surface area (Å²) < 4.78 is 37.3. The van der Waals surface area contributed by atoms with Gasteiger partial charge in [-0.3, -0.25) is 4.79 Å². The summed E-state index contributed by atoms with van der Waals surface area (Å²) in [5, 5.41) is 0. The number of carbonyl (C=O) groups is 1. The Balaban J connectivity index is 2.11. The van der Waals surface area contributed by atoms with Crippen molar-refractivity contribution in [1.29, 1.82) is 0 Å². The summed E-state index contributed by atoms with van der Waals surface area (Å²) >= 11 is 0. The minimum absolute atomic E-state index is 0.221. The molecule has 1 aliphatic carbocycles. The number of carbonyl (C=O) groups excluding carboxylic acids is 1. The molecule has 0 atom stereocenters. The minimum Gasteiger partial charge on any atom is -0.402 e. The second kappa shape index (κ2) is 5.69. The number of rotatable bonds is 3. The van der Waals surface area contributed by atoms with E-state index in [2.05, 4.69) is 0 Å². The predicted molar refractivity (Wildman–Crippen MR) is 70.0 cm³/mol. The van der Waals surface area contributed by atoms with Crippen LogP contribution in [0.4, 0.5) is 13.2 Å². The molecular weight excluding hydrogens is 267 g/mol. The summed E-state index contributed by atoms with van der Waals surface area (Å²) in [6.07, 6.45) is 1.12. The van der Waals surface area contributed by atoms with E-state index in [4.69, 9.17) is 5.73 Å². The summed E-state index contributed by atoms with van der Waals surface area (Å²) in [4.78, 5) is 11.9. The van der Waals surface area contributed by atoms with Gasteiger partial charge in [0.2, 0.25) is 0 Å². The smallest absolute Gasteiger partial charge is 0.402 e. The zero-order valence-corrected chi connectivity index (χ0v) is 10.9. The van der Waals surface area contributed by atoms with Crippen LogP contribution in [0.25, 0.3) is 0 Å². The van der Waals surface area contributed by atoms with Crippen LogP contribution < -0.4 is 5.73 Å². The normalized spacial score (nSPS) is 17.4. The van der Waals surface area contributed by atoms with Crippen LogP contribution in [0.2, 0.25) is 0 Å². The molecule has 108 valence electrons. The third-order valence-electron chi connectivity index (χ3n) is 3.62. The molecule has 20 heavy (non-hydrogen) atoms. The molecule has 0 radical (unpaired) electrons. The molecule has 0 heterocycles. The Hall–Kier alpha value is -1.78. The standard InChI is InChI=1S/C15H16F3NO/c16-15(17,18)12-7-5-11(6-8-12)14(20)9-13(19)10-3-1-2-4-10/h5-10H,1-4,19H2. The second-order valence-electron chi connectivity index (χ2n) is 5.07. The number of benzene rings is 1. The van der Waals surface area contributed by atoms with Crippen molar-refractivity contribution in [2.24, 2.45) is 11.7 Å². The van der Waals surface area contributed by atoms with E-state index in [1.54, 1.807) is 0 Å². The zero-order valence-electron chi connectivity index (χ0n) is 10.9. The summed E-state index contributed by atoms with van der Waals surface area (Å²) in [5.74, 6) is -0.114. The van der Waals surface area contributed by atoms with Crippen LogP contribution in [0.5, 0.6) is 0 Å². The molecule has 0 aliphatic heterocycles. The Kier molecular flexibility index (Phi) is 4.16. The number of hydrogen-bond acceptors (Lipinski definition) is 2. The number of hydrogen-bond donors (Lipinski definition) is 1. The van der Waals surface area contributed by atoms with E-state index in [9.17, 15) is 18.0 Å². The van der Waals surface area contributed by atoms with E-state index in [0.717, 1.165) is 37.8 Å². The van der Waals surface area contributed by atoms with Gasteiger partial charge in [0, 0.05) is 17.3 Å². The lowest BCUT2D eigenvalue weighted by atomic mass is 10.0. The third kappa shape index (κ3) is 3.40. The topological polar surface area (TPSA) is 43.1 Å². The number of halogens is 3. The molecule has 0 amide bonds. The lowest BCUT2D eigenvalue weighted by Crippen LogP contribution is -2.11. The maximum Gasteiger partial charge on any atom is 0.416 e. The monoisotopic (exact) mass is 283 g/mol. The lowest BCUT2D eigenvalue weighted by Gasteiger charge is -2.09. The molecule has 0 saturated heterocycles. The molecule has 1 aromatic carbocycles. The second-order valence-corrected chi connectivity index (χ2v) is 5.07. The van der Waals surface area contributed by atoms with Gasteiger partial charge in [-0.25, -0.2) is 0 Å². The lowest BCUT2D eigenvalue weighted by molar-refractivity contribution is -0.137. The van der Waals surface area contributed by atoms with Crippen LogP contribution in [0.3, 0.4) is 0 Å². The highest BCUT2D eigenvalue weighted by atomic mass is 19.4. The number of ketones is 1. The minimum atomic E-state index is -4.39. The molecule has 1 aliphatic rings. The first kappa shape index (κ1) is 14.6. The van der Waals surface area contributed by atoms with E-state index in [-0.39, 0.29) is 17.3 Å². The largest absolute Gasteiger partial charge is 0.416 e. The van der Waals surface area contributed by atoms with Crippen molar-refractivity contribution < 1.29 is 18.0 Å². The Morgan fingerprint density at radius 1 is 1.15 bits per heavy atom. The SMILES string of the molecule is NC(=CC(=O)c1ccc(C(F)(F)F)cc1)C1CCCC1. The van der Waals surface area contributed by atoms with Gasteiger partial charge in [0.15, 0.2) is 5.78 Å². The molecule has 0 aromatic heterocycles. The first-order valence-corrected chi connectivity index (χ1v) is 6.56. The van der Waals surface area contributed by atoms with Crippen LogP contribution in [0.1, 0.15) is 41.6 Å². The van der Waals surface area contributed by atoms with E-state index in [1.807, 2.05) is 0 Å². The van der Waals surface area contributed by atoms with Gasteiger partial charge in [-0.05, 0) is 30.9 Å². The van der Waals surface area contributed by atoms with Crippen LogP contribution in [-0.2, 0) is 6.18 Å². The van der Waals surface area contributed by atoms with Crippen LogP contribution in [0, 0.1) is 5.92 Å². The molecule has 0 unspecified atom stereocenters. The molecule has 1 aromatic rings. The molecule has 5 heteroatoms. The average molecular weight is 283 g/mol. The third-order valence-corrected chi connectivity index (χ3v) is 3.62. The fraction of sp³-hybridized carbons (Fsp3) is 0.400. The molecular formula is C15H16F3NO. The fourth-order valence-corrected chi connectivity index (χ4v) is 2.44. The molecule has 2 rings (SSSR count). The molecule has 1 fully saturated rings. The first-order valence-electron chi connectivity index (χ1n) is 6.56. The van der Waals surface area contributed by atoms with Gasteiger partial charge >= 0.3 is 6.18 Å². The number of alkyl halides is 3. The summed E-state index contributed by atoms with van der Waals surface area (Å²) in [6, 6.07) is 4.19.